The lowest BCUT2D eigenvalue weighted by Gasteiger charge is -2.12. The van der Waals surface area contributed by atoms with Crippen LogP contribution in [0.25, 0.3) is 10.2 Å². The van der Waals surface area contributed by atoms with Gasteiger partial charge in [0.2, 0.25) is 5.78 Å². The van der Waals surface area contributed by atoms with Crippen molar-refractivity contribution in [1.29, 1.82) is 0 Å². The van der Waals surface area contributed by atoms with Gasteiger partial charge >= 0.3 is 5.97 Å². The Morgan fingerprint density at radius 3 is 2.58 bits per heavy atom. The molecule has 0 aliphatic carbocycles. The number of hydrogen-bond donors (Lipinski definition) is 0. The Labute approximate surface area is 159 Å². The fourth-order valence-corrected chi connectivity index (χ4v) is 4.16. The zero-order valence-corrected chi connectivity index (χ0v) is 15.9. The summed E-state index contributed by atoms with van der Waals surface area (Å²) in [5.41, 5.74) is 1.39. The van der Waals surface area contributed by atoms with Crippen LogP contribution in [0.2, 0.25) is 0 Å². The van der Waals surface area contributed by atoms with E-state index in [-0.39, 0.29) is 11.5 Å². The molecule has 3 aromatic rings. The molecule has 0 aliphatic heterocycles. The molecule has 1 atom stereocenters. The van der Waals surface area contributed by atoms with Crippen LogP contribution in [0, 0.1) is 0 Å². The second kappa shape index (κ2) is 8.33. The third-order valence-electron chi connectivity index (χ3n) is 3.64. The van der Waals surface area contributed by atoms with Gasteiger partial charge in [-0.2, -0.15) is 0 Å². The van der Waals surface area contributed by atoms with Crippen molar-refractivity contribution in [2.45, 2.75) is 17.4 Å². The first-order valence-corrected chi connectivity index (χ1v) is 9.73. The largest absolute Gasteiger partial charge is 0.497 e. The van der Waals surface area contributed by atoms with Crippen LogP contribution in [0.4, 0.5) is 0 Å². The van der Waals surface area contributed by atoms with E-state index in [0.29, 0.717) is 11.3 Å². The summed E-state index contributed by atoms with van der Waals surface area (Å²) in [6.45, 7) is 1.58. The van der Waals surface area contributed by atoms with Crippen LogP contribution in [-0.4, -0.2) is 35.7 Å². The van der Waals surface area contributed by atoms with E-state index in [9.17, 15) is 9.59 Å². The molecule has 1 heterocycles. The number of Topliss-reactive ketones (excluding diaryl/α,β-unsaturated/α-hetero) is 1. The molecule has 0 amide bonds. The van der Waals surface area contributed by atoms with Gasteiger partial charge in [0.15, 0.2) is 10.4 Å². The Morgan fingerprint density at radius 2 is 1.88 bits per heavy atom. The predicted molar refractivity (Wildman–Crippen MR) is 103 cm³/mol. The molecule has 0 saturated heterocycles. The summed E-state index contributed by atoms with van der Waals surface area (Å²) >= 11 is 2.84. The third kappa shape index (κ3) is 4.42. The van der Waals surface area contributed by atoms with E-state index in [4.69, 9.17) is 9.47 Å². The normalized spacial score (nSPS) is 11.9. The first kappa shape index (κ1) is 18.4. The van der Waals surface area contributed by atoms with E-state index in [1.165, 1.54) is 23.1 Å². The van der Waals surface area contributed by atoms with Crippen LogP contribution >= 0.6 is 23.1 Å². The topological polar surface area (TPSA) is 65.5 Å². The average molecular weight is 387 g/mol. The summed E-state index contributed by atoms with van der Waals surface area (Å²) in [5, 5.41) is 0. The van der Waals surface area contributed by atoms with Crippen LogP contribution in [0.1, 0.15) is 17.3 Å². The van der Waals surface area contributed by atoms with E-state index in [1.54, 1.807) is 38.3 Å². The molecule has 0 radical (unpaired) electrons. The first-order valence-electron chi connectivity index (χ1n) is 7.93. The molecule has 0 unspecified atom stereocenters. The summed E-state index contributed by atoms with van der Waals surface area (Å²) in [7, 11) is 1.56. The Hall–Kier alpha value is -2.38. The van der Waals surface area contributed by atoms with Crippen molar-refractivity contribution in [2.24, 2.45) is 0 Å². The molecule has 7 heteroatoms. The standard InChI is InChI=1S/C19H17NO4S2/c1-12(18(22)13-7-9-14(23-2)10-8-13)24-17(21)11-25-19-20-15-5-3-4-6-16(15)26-19/h3-10,12H,11H2,1-2H3/t12-/m0/s1. The summed E-state index contributed by atoms with van der Waals surface area (Å²) < 4.78 is 12.2. The molecule has 2 aromatic carbocycles. The van der Waals surface area contributed by atoms with Crippen molar-refractivity contribution in [2.75, 3.05) is 12.9 Å². The molecule has 1 aromatic heterocycles. The highest BCUT2D eigenvalue weighted by Gasteiger charge is 2.20. The molecule has 5 nitrogen and oxygen atoms in total. The highest BCUT2D eigenvalue weighted by Crippen LogP contribution is 2.29. The van der Waals surface area contributed by atoms with Crippen molar-refractivity contribution in [1.82, 2.24) is 4.98 Å². The monoisotopic (exact) mass is 387 g/mol. The molecular formula is C19H17NO4S2. The van der Waals surface area contributed by atoms with Gasteiger partial charge in [-0.25, -0.2) is 4.98 Å². The number of ether oxygens (including phenoxy) is 2. The second-order valence-electron chi connectivity index (χ2n) is 5.46. The number of aromatic nitrogens is 1. The minimum absolute atomic E-state index is 0.111. The number of ketones is 1. The Kier molecular flexibility index (Phi) is 5.90. The maximum Gasteiger partial charge on any atom is 0.317 e. The van der Waals surface area contributed by atoms with Crippen molar-refractivity contribution >= 4 is 45.1 Å². The number of methoxy groups -OCH3 is 1. The summed E-state index contributed by atoms with van der Waals surface area (Å²) in [6.07, 6.45) is -0.841. The predicted octanol–water partition coefficient (Wildman–Crippen LogP) is 4.21. The second-order valence-corrected chi connectivity index (χ2v) is 7.71. The SMILES string of the molecule is COc1ccc(C(=O)[C@H](C)OC(=O)CSc2nc3ccccc3s2)cc1. The lowest BCUT2D eigenvalue weighted by molar-refractivity contribution is -0.143. The smallest absolute Gasteiger partial charge is 0.317 e. The number of hydrogen-bond acceptors (Lipinski definition) is 7. The highest BCUT2D eigenvalue weighted by molar-refractivity contribution is 8.01. The third-order valence-corrected chi connectivity index (χ3v) is 5.79. The van der Waals surface area contributed by atoms with E-state index >= 15 is 0 Å². The fraction of sp³-hybridized carbons (Fsp3) is 0.211. The van der Waals surface area contributed by atoms with Crippen LogP contribution < -0.4 is 4.74 Å². The zero-order chi connectivity index (χ0) is 18.5. The minimum Gasteiger partial charge on any atom is -0.497 e. The molecule has 0 bridgehead atoms. The van der Waals surface area contributed by atoms with Gasteiger partial charge in [-0.15, -0.1) is 11.3 Å². The van der Waals surface area contributed by atoms with Crippen LogP contribution in [0.5, 0.6) is 5.75 Å². The number of carbonyl (C=O) groups is 2. The number of nitrogens with zero attached hydrogens (tertiary/aromatic N) is 1. The molecule has 0 aliphatic rings. The van der Waals surface area contributed by atoms with Gasteiger partial charge in [-0.05, 0) is 43.3 Å². The maximum atomic E-state index is 12.3. The molecule has 26 heavy (non-hydrogen) atoms. The molecule has 3 rings (SSSR count). The van der Waals surface area contributed by atoms with E-state index in [1.807, 2.05) is 24.3 Å². The Morgan fingerprint density at radius 1 is 1.15 bits per heavy atom. The van der Waals surface area contributed by atoms with Gasteiger partial charge in [0.25, 0.3) is 0 Å². The molecule has 0 saturated carbocycles. The number of carbonyl (C=O) groups excluding carboxylic acids is 2. The van der Waals surface area contributed by atoms with Crippen LogP contribution in [0.15, 0.2) is 52.9 Å². The molecule has 0 fully saturated rings. The maximum absolute atomic E-state index is 12.3. The first-order chi connectivity index (χ1) is 12.6. The van der Waals surface area contributed by atoms with Crippen molar-refractivity contribution in [3.8, 4) is 5.75 Å². The minimum atomic E-state index is -0.841. The quantitative estimate of drug-likeness (QED) is 0.344. The molecular weight excluding hydrogens is 370 g/mol. The van der Waals surface area contributed by atoms with Crippen LogP contribution in [-0.2, 0) is 9.53 Å². The number of benzene rings is 2. The lowest BCUT2D eigenvalue weighted by atomic mass is 10.1. The number of thioether (sulfide) groups is 1. The fourth-order valence-electron chi connectivity index (χ4n) is 2.31. The Bertz CT molecular complexity index is 888. The van der Waals surface area contributed by atoms with Gasteiger partial charge in [0.05, 0.1) is 23.1 Å². The van der Waals surface area contributed by atoms with Gasteiger partial charge in [0.1, 0.15) is 5.75 Å². The van der Waals surface area contributed by atoms with E-state index in [0.717, 1.165) is 14.6 Å². The number of fused-ring (bicyclic) bond motifs is 1. The van der Waals surface area contributed by atoms with Gasteiger partial charge < -0.3 is 9.47 Å². The molecule has 0 spiro atoms. The lowest BCUT2D eigenvalue weighted by Crippen LogP contribution is -2.25. The summed E-state index contributed by atoms with van der Waals surface area (Å²) in [5.74, 6) is 0.0908. The van der Waals surface area contributed by atoms with E-state index in [2.05, 4.69) is 4.98 Å². The van der Waals surface area contributed by atoms with Gasteiger partial charge in [-0.3, -0.25) is 9.59 Å². The van der Waals surface area contributed by atoms with Crippen molar-refractivity contribution in [3.05, 3.63) is 54.1 Å². The molecule has 134 valence electrons. The van der Waals surface area contributed by atoms with Crippen LogP contribution in [0.3, 0.4) is 0 Å². The number of rotatable bonds is 7. The number of thiazole rings is 1. The Balaban J connectivity index is 1.53. The highest BCUT2D eigenvalue weighted by atomic mass is 32.2. The van der Waals surface area contributed by atoms with Gasteiger partial charge in [-0.1, -0.05) is 23.9 Å². The summed E-state index contributed by atoms with van der Waals surface area (Å²) in [6, 6.07) is 14.5. The van der Waals surface area contributed by atoms with Gasteiger partial charge in [0, 0.05) is 5.56 Å². The average Bonchev–Trinajstić information content (AvgIpc) is 3.09. The number of esters is 1. The van der Waals surface area contributed by atoms with E-state index < -0.39 is 12.1 Å². The summed E-state index contributed by atoms with van der Waals surface area (Å²) in [4.78, 5) is 28.8. The molecule has 0 N–H and O–H groups in total. The zero-order valence-electron chi connectivity index (χ0n) is 14.3. The number of para-hydroxylation sites is 1. The van der Waals surface area contributed by atoms with Crippen molar-refractivity contribution in [3.63, 3.8) is 0 Å². The van der Waals surface area contributed by atoms with Crippen molar-refractivity contribution < 1.29 is 19.1 Å².